The highest BCUT2D eigenvalue weighted by Crippen LogP contribution is 2.25. The predicted molar refractivity (Wildman–Crippen MR) is 104 cm³/mol. The minimum absolute atomic E-state index is 0.174. The third-order valence-corrected chi connectivity index (χ3v) is 5.17. The number of aromatic nitrogens is 2. The van der Waals surface area contributed by atoms with Crippen molar-refractivity contribution in [1.29, 1.82) is 0 Å². The van der Waals surface area contributed by atoms with E-state index in [4.69, 9.17) is 0 Å². The Balaban J connectivity index is 1.27. The molecule has 26 heavy (non-hydrogen) atoms. The number of nitrogens with one attached hydrogen (secondary N) is 1. The Labute approximate surface area is 153 Å². The number of benzene rings is 2. The normalized spacial score (nSPS) is 17.4. The van der Waals surface area contributed by atoms with E-state index in [1.54, 1.807) is 12.1 Å². The number of rotatable bonds is 6. The summed E-state index contributed by atoms with van der Waals surface area (Å²) in [6.45, 7) is 1.90. The summed E-state index contributed by atoms with van der Waals surface area (Å²) in [6, 6.07) is 15.6. The van der Waals surface area contributed by atoms with E-state index in [9.17, 15) is 4.39 Å². The van der Waals surface area contributed by atoms with E-state index >= 15 is 0 Å². The fourth-order valence-corrected chi connectivity index (χ4v) is 3.73. The molecule has 1 N–H and O–H groups in total. The number of halogens is 1. The van der Waals surface area contributed by atoms with Crippen LogP contribution in [0.4, 0.5) is 4.39 Å². The van der Waals surface area contributed by atoms with E-state index in [1.807, 2.05) is 24.5 Å². The maximum Gasteiger partial charge on any atom is 0.123 e. The molecule has 4 heteroatoms. The van der Waals surface area contributed by atoms with E-state index in [2.05, 4.69) is 39.1 Å². The molecule has 3 nitrogen and oxygen atoms in total. The van der Waals surface area contributed by atoms with Crippen LogP contribution in [0.5, 0.6) is 0 Å². The molecule has 0 saturated heterocycles. The molecule has 1 atom stereocenters. The lowest BCUT2D eigenvalue weighted by atomic mass is 9.93. The maximum absolute atomic E-state index is 13.1. The number of nitrogens with zero attached hydrogens (tertiary/aromatic N) is 2. The number of hydrogen-bond donors (Lipinski definition) is 1. The number of hydrogen-bond acceptors (Lipinski definition) is 2. The van der Waals surface area contributed by atoms with Crippen LogP contribution in [0.3, 0.4) is 0 Å². The molecule has 1 aliphatic heterocycles. The molecule has 0 fully saturated rings. The predicted octanol–water partition coefficient (Wildman–Crippen LogP) is 4.79. The Morgan fingerprint density at radius 2 is 1.92 bits per heavy atom. The summed E-state index contributed by atoms with van der Waals surface area (Å²) >= 11 is 0. The quantitative estimate of drug-likeness (QED) is 0.648. The molecule has 0 radical (unpaired) electrons. The summed E-state index contributed by atoms with van der Waals surface area (Å²) in [5.74, 6) is -0.174. The van der Waals surface area contributed by atoms with E-state index in [1.165, 1.54) is 17.5 Å². The molecule has 0 bridgehead atoms. The number of unbranched alkanes of at least 4 members (excludes halogenated alkanes) is 1. The number of fused-ring (bicyclic) bond motifs is 1. The average molecular weight is 349 g/mol. The molecule has 0 spiro atoms. The van der Waals surface area contributed by atoms with Crippen LogP contribution in [0, 0.1) is 5.82 Å². The standard InChI is InChI=1S/C22H24FN3/c23-19-10-8-17(9-11-19)18-12-13-24-20(15-18)5-3-4-14-26-16-25-21-6-1-2-7-22(21)26/h1-2,6-12,16,20,24H,3-5,13-15H2. The summed E-state index contributed by atoms with van der Waals surface area (Å²) in [5, 5.41) is 3.58. The Hall–Kier alpha value is -2.46. The van der Waals surface area contributed by atoms with E-state index in [0.29, 0.717) is 6.04 Å². The second-order valence-corrected chi connectivity index (χ2v) is 6.97. The highest BCUT2D eigenvalue weighted by Gasteiger charge is 2.15. The molecule has 0 saturated carbocycles. The Morgan fingerprint density at radius 1 is 1.08 bits per heavy atom. The van der Waals surface area contributed by atoms with Crippen molar-refractivity contribution in [3.63, 3.8) is 0 Å². The molecular weight excluding hydrogens is 325 g/mol. The molecular formula is C22H24FN3. The first-order valence-electron chi connectivity index (χ1n) is 9.38. The largest absolute Gasteiger partial charge is 0.331 e. The molecule has 2 aromatic carbocycles. The summed E-state index contributed by atoms with van der Waals surface area (Å²) in [5.41, 5.74) is 4.75. The first-order chi connectivity index (χ1) is 12.8. The van der Waals surface area contributed by atoms with Crippen molar-refractivity contribution in [3.8, 4) is 0 Å². The first kappa shape index (κ1) is 17.0. The van der Waals surface area contributed by atoms with Gasteiger partial charge in [0.25, 0.3) is 0 Å². The maximum atomic E-state index is 13.1. The van der Waals surface area contributed by atoms with Gasteiger partial charge in [-0.15, -0.1) is 0 Å². The molecule has 1 unspecified atom stereocenters. The van der Waals surface area contributed by atoms with Crippen LogP contribution in [-0.2, 0) is 6.54 Å². The zero-order chi connectivity index (χ0) is 17.8. The molecule has 1 aromatic heterocycles. The van der Waals surface area contributed by atoms with Crippen LogP contribution in [0.2, 0.25) is 0 Å². The lowest BCUT2D eigenvalue weighted by Gasteiger charge is -2.24. The van der Waals surface area contributed by atoms with Gasteiger partial charge < -0.3 is 9.88 Å². The fraction of sp³-hybridized carbons (Fsp3) is 0.318. The van der Waals surface area contributed by atoms with Gasteiger partial charge in [-0.1, -0.05) is 36.8 Å². The lowest BCUT2D eigenvalue weighted by molar-refractivity contribution is 0.465. The number of imidazole rings is 1. The lowest BCUT2D eigenvalue weighted by Crippen LogP contribution is -2.32. The minimum atomic E-state index is -0.174. The van der Waals surface area contributed by atoms with Gasteiger partial charge in [0.05, 0.1) is 17.4 Å². The highest BCUT2D eigenvalue weighted by molar-refractivity contribution is 5.74. The van der Waals surface area contributed by atoms with Gasteiger partial charge in [-0.05, 0) is 54.7 Å². The summed E-state index contributed by atoms with van der Waals surface area (Å²) < 4.78 is 15.4. The van der Waals surface area contributed by atoms with Crippen LogP contribution >= 0.6 is 0 Å². The van der Waals surface area contributed by atoms with Crippen LogP contribution in [-0.4, -0.2) is 22.1 Å². The monoisotopic (exact) mass is 349 g/mol. The van der Waals surface area contributed by atoms with Crippen molar-refractivity contribution >= 4 is 16.6 Å². The summed E-state index contributed by atoms with van der Waals surface area (Å²) in [6.07, 6.45) is 8.67. The minimum Gasteiger partial charge on any atom is -0.331 e. The molecule has 4 rings (SSSR count). The SMILES string of the molecule is Fc1ccc(C2=CCNC(CCCCn3cnc4ccccc43)C2)cc1. The number of aryl methyl sites for hydroxylation is 1. The van der Waals surface area contributed by atoms with Gasteiger partial charge in [0, 0.05) is 19.1 Å². The van der Waals surface area contributed by atoms with E-state index < -0.39 is 0 Å². The Kier molecular flexibility index (Phi) is 5.12. The van der Waals surface area contributed by atoms with E-state index in [0.717, 1.165) is 43.4 Å². The van der Waals surface area contributed by atoms with Crippen LogP contribution in [0.1, 0.15) is 31.2 Å². The summed E-state index contributed by atoms with van der Waals surface area (Å²) in [7, 11) is 0. The van der Waals surface area contributed by atoms with Gasteiger partial charge >= 0.3 is 0 Å². The van der Waals surface area contributed by atoms with Gasteiger partial charge in [0.1, 0.15) is 5.82 Å². The van der Waals surface area contributed by atoms with Gasteiger partial charge in [-0.3, -0.25) is 0 Å². The first-order valence-corrected chi connectivity index (χ1v) is 9.38. The smallest absolute Gasteiger partial charge is 0.123 e. The molecule has 0 aliphatic carbocycles. The van der Waals surface area contributed by atoms with Crippen LogP contribution in [0.25, 0.3) is 16.6 Å². The average Bonchev–Trinajstić information content (AvgIpc) is 3.09. The van der Waals surface area contributed by atoms with Gasteiger partial charge in [-0.2, -0.15) is 0 Å². The zero-order valence-electron chi connectivity index (χ0n) is 14.9. The van der Waals surface area contributed by atoms with Crippen molar-refractivity contribution in [2.45, 2.75) is 38.3 Å². The zero-order valence-corrected chi connectivity index (χ0v) is 14.9. The molecule has 3 aromatic rings. The third kappa shape index (κ3) is 3.86. The number of para-hydroxylation sites is 2. The van der Waals surface area contributed by atoms with Crippen molar-refractivity contribution in [3.05, 3.63) is 72.3 Å². The van der Waals surface area contributed by atoms with Crippen molar-refractivity contribution in [2.24, 2.45) is 0 Å². The van der Waals surface area contributed by atoms with Crippen LogP contribution in [0.15, 0.2) is 60.9 Å². The third-order valence-electron chi connectivity index (χ3n) is 5.17. The van der Waals surface area contributed by atoms with Gasteiger partial charge in [0.15, 0.2) is 0 Å². The Morgan fingerprint density at radius 3 is 2.81 bits per heavy atom. The summed E-state index contributed by atoms with van der Waals surface area (Å²) in [4.78, 5) is 4.45. The fourth-order valence-electron chi connectivity index (χ4n) is 3.73. The second kappa shape index (κ2) is 7.83. The van der Waals surface area contributed by atoms with Crippen molar-refractivity contribution < 1.29 is 4.39 Å². The molecule has 2 heterocycles. The molecule has 0 amide bonds. The van der Waals surface area contributed by atoms with Crippen molar-refractivity contribution in [2.75, 3.05) is 6.54 Å². The Bertz CT molecular complexity index is 895. The van der Waals surface area contributed by atoms with Crippen LogP contribution < -0.4 is 5.32 Å². The van der Waals surface area contributed by atoms with Gasteiger partial charge in [0.2, 0.25) is 0 Å². The van der Waals surface area contributed by atoms with Crippen molar-refractivity contribution in [1.82, 2.24) is 14.9 Å². The second-order valence-electron chi connectivity index (χ2n) is 6.97. The molecule has 1 aliphatic rings. The highest BCUT2D eigenvalue weighted by atomic mass is 19.1. The molecule has 134 valence electrons. The van der Waals surface area contributed by atoms with E-state index in [-0.39, 0.29) is 5.82 Å². The van der Waals surface area contributed by atoms with Gasteiger partial charge in [-0.25, -0.2) is 9.37 Å². The topological polar surface area (TPSA) is 29.9 Å².